The molecule has 2 aliphatic rings. The highest BCUT2D eigenvalue weighted by atomic mass is 19.3. The molecule has 0 radical (unpaired) electrons. The molecular weight excluding hydrogens is 467 g/mol. The molecule has 11 heteroatoms. The molecule has 2 aromatic carbocycles. The van der Waals surface area contributed by atoms with Gasteiger partial charge < -0.3 is 25.4 Å². The molecule has 2 heterocycles. The van der Waals surface area contributed by atoms with E-state index in [0.717, 1.165) is 6.07 Å². The molecule has 5 N–H and O–H groups in total. The molecule has 0 aromatic heterocycles. The lowest BCUT2D eigenvalue weighted by atomic mass is 10.0. The summed E-state index contributed by atoms with van der Waals surface area (Å²) in [6, 6.07) is 7.69. The molecule has 2 aromatic rings. The Balaban J connectivity index is 1.45. The third-order valence-corrected chi connectivity index (χ3v) is 6.33. The van der Waals surface area contributed by atoms with E-state index >= 15 is 0 Å². The lowest BCUT2D eigenvalue weighted by Crippen LogP contribution is -2.53. The van der Waals surface area contributed by atoms with Gasteiger partial charge in [-0.3, -0.25) is 15.0 Å². The van der Waals surface area contributed by atoms with Crippen molar-refractivity contribution in [3.8, 4) is 5.75 Å². The molecular formula is C24H28F3N3O5. The number of halogens is 3. The fraction of sp³-hybridized carbons (Fsp3) is 0.458. The van der Waals surface area contributed by atoms with Gasteiger partial charge in [-0.05, 0) is 48.6 Å². The average Bonchev–Trinajstić information content (AvgIpc) is 3.13. The number of hydrogen-bond acceptors (Lipinski definition) is 7. The van der Waals surface area contributed by atoms with E-state index < -0.39 is 42.0 Å². The van der Waals surface area contributed by atoms with Gasteiger partial charge in [0.15, 0.2) is 6.23 Å². The minimum atomic E-state index is -3.97. The molecule has 0 spiro atoms. The Morgan fingerprint density at radius 3 is 2.74 bits per heavy atom. The zero-order chi connectivity index (χ0) is 25.3. The van der Waals surface area contributed by atoms with Crippen LogP contribution in [0.1, 0.15) is 48.2 Å². The first-order chi connectivity index (χ1) is 16.6. The second kappa shape index (κ2) is 10.1. The summed E-state index contributed by atoms with van der Waals surface area (Å²) < 4.78 is 49.3. The van der Waals surface area contributed by atoms with Crippen molar-refractivity contribution in [2.75, 3.05) is 6.61 Å². The molecule has 35 heavy (non-hydrogen) atoms. The molecule has 0 aliphatic carbocycles. The Hall–Kier alpha value is -2.70. The van der Waals surface area contributed by atoms with E-state index in [9.17, 15) is 33.3 Å². The quantitative estimate of drug-likeness (QED) is 0.355. The minimum absolute atomic E-state index is 0.0527. The van der Waals surface area contributed by atoms with Crippen molar-refractivity contribution in [2.45, 2.75) is 63.5 Å². The summed E-state index contributed by atoms with van der Waals surface area (Å²) in [4.78, 5) is 13.9. The summed E-state index contributed by atoms with van der Waals surface area (Å²) in [5, 5.41) is 35.3. The van der Waals surface area contributed by atoms with E-state index in [-0.39, 0.29) is 31.4 Å². The number of nitrogens with zero attached hydrogens (tertiary/aromatic N) is 1. The Morgan fingerprint density at radius 2 is 2.03 bits per heavy atom. The third kappa shape index (κ3) is 5.00. The van der Waals surface area contributed by atoms with Crippen molar-refractivity contribution in [1.29, 1.82) is 0 Å². The normalized spacial score (nSPS) is 23.6. The van der Waals surface area contributed by atoms with E-state index in [1.54, 1.807) is 30.0 Å². The number of rotatable bonds is 8. The average molecular weight is 495 g/mol. The number of ether oxygens (including phenoxy) is 1. The molecule has 2 aliphatic heterocycles. The highest BCUT2D eigenvalue weighted by molar-refractivity contribution is 5.82. The number of nitrogens with one attached hydrogen (secondary N) is 2. The number of aliphatic hydroxyl groups excluding tert-OH is 3. The molecule has 0 bridgehead atoms. The number of aliphatic hydroxyl groups is 3. The second-order valence-corrected chi connectivity index (χ2v) is 8.65. The lowest BCUT2D eigenvalue weighted by molar-refractivity contribution is -0.139. The van der Waals surface area contributed by atoms with Crippen molar-refractivity contribution in [1.82, 2.24) is 15.5 Å². The zero-order valence-electron chi connectivity index (χ0n) is 19.0. The van der Waals surface area contributed by atoms with Crippen molar-refractivity contribution < 1.29 is 38.0 Å². The largest absolute Gasteiger partial charge is 0.493 e. The molecule has 4 rings (SSSR count). The van der Waals surface area contributed by atoms with Crippen molar-refractivity contribution in [3.63, 3.8) is 0 Å². The van der Waals surface area contributed by atoms with Crippen LogP contribution in [0, 0.1) is 5.82 Å². The number of benzene rings is 2. The van der Waals surface area contributed by atoms with Gasteiger partial charge >= 0.3 is 5.92 Å². The smallest absolute Gasteiger partial charge is 0.318 e. The van der Waals surface area contributed by atoms with Crippen LogP contribution in [-0.4, -0.2) is 51.2 Å². The SMILES string of the molecule is CCOc1cccc(F)c1C(F)(F)[C@@H](O)NCc1ccc2c(c1)CN(C1CC[C@@H](O)NC1=O)[C@H]2O. The predicted octanol–water partition coefficient (Wildman–Crippen LogP) is 1.83. The van der Waals surface area contributed by atoms with Gasteiger partial charge in [0.25, 0.3) is 0 Å². The number of carbonyl (C=O) groups excluding carboxylic acids is 1. The van der Waals surface area contributed by atoms with Gasteiger partial charge in [-0.2, -0.15) is 8.78 Å². The summed E-state index contributed by atoms with van der Waals surface area (Å²) in [7, 11) is 0. The number of amides is 1. The van der Waals surface area contributed by atoms with Gasteiger partial charge in [0.2, 0.25) is 5.91 Å². The fourth-order valence-electron chi connectivity index (χ4n) is 4.58. The molecule has 0 saturated carbocycles. The molecule has 1 fully saturated rings. The first-order valence-corrected chi connectivity index (χ1v) is 11.4. The van der Waals surface area contributed by atoms with Crippen molar-refractivity contribution in [2.24, 2.45) is 0 Å². The first kappa shape index (κ1) is 25.4. The summed E-state index contributed by atoms with van der Waals surface area (Å²) in [5.74, 6) is -5.88. The van der Waals surface area contributed by atoms with E-state index in [2.05, 4.69) is 10.6 Å². The maximum atomic E-state index is 15.0. The van der Waals surface area contributed by atoms with Gasteiger partial charge in [-0.25, -0.2) is 4.39 Å². The van der Waals surface area contributed by atoms with E-state index in [1.165, 1.54) is 12.1 Å². The standard InChI is InChI=1S/C24H28F3N3O5/c1-2-35-18-5-3-4-16(25)20(18)24(26,27)23(34)28-11-13-6-7-15-14(10-13)12-30(22(15)33)17-8-9-19(31)29-21(17)32/h3-7,10,17,19,22-23,28,31,33-34H,2,8-9,11-12H2,1H3,(H,29,32)/t17?,19-,22+,23-/m1/s1. The number of piperidine rings is 1. The van der Waals surface area contributed by atoms with Crippen LogP contribution in [0.15, 0.2) is 36.4 Å². The number of carbonyl (C=O) groups is 1. The van der Waals surface area contributed by atoms with Crippen LogP contribution in [0.2, 0.25) is 0 Å². The van der Waals surface area contributed by atoms with Crippen molar-refractivity contribution >= 4 is 5.91 Å². The van der Waals surface area contributed by atoms with Crippen LogP contribution < -0.4 is 15.4 Å². The lowest BCUT2D eigenvalue weighted by Gasteiger charge is -2.34. The van der Waals surface area contributed by atoms with Gasteiger partial charge in [0, 0.05) is 13.1 Å². The molecule has 1 unspecified atom stereocenters. The number of fused-ring (bicyclic) bond motifs is 1. The predicted molar refractivity (Wildman–Crippen MR) is 118 cm³/mol. The Bertz CT molecular complexity index is 1090. The number of hydrogen-bond donors (Lipinski definition) is 5. The summed E-state index contributed by atoms with van der Waals surface area (Å²) in [5.41, 5.74) is 0.830. The van der Waals surface area contributed by atoms with Gasteiger partial charge in [-0.1, -0.05) is 24.3 Å². The van der Waals surface area contributed by atoms with Crippen LogP contribution in [0.4, 0.5) is 13.2 Å². The molecule has 4 atom stereocenters. The zero-order valence-corrected chi connectivity index (χ0v) is 19.0. The maximum Gasteiger partial charge on any atom is 0.318 e. The third-order valence-electron chi connectivity index (χ3n) is 6.33. The van der Waals surface area contributed by atoms with E-state index in [0.29, 0.717) is 29.5 Å². The Kier molecular flexibility index (Phi) is 7.34. The molecule has 190 valence electrons. The second-order valence-electron chi connectivity index (χ2n) is 8.65. The molecule has 8 nitrogen and oxygen atoms in total. The first-order valence-electron chi connectivity index (χ1n) is 11.4. The van der Waals surface area contributed by atoms with Crippen LogP contribution in [0.3, 0.4) is 0 Å². The van der Waals surface area contributed by atoms with Gasteiger partial charge in [-0.15, -0.1) is 0 Å². The Labute approximate surface area is 200 Å². The van der Waals surface area contributed by atoms with Crippen LogP contribution in [0.25, 0.3) is 0 Å². The fourth-order valence-corrected chi connectivity index (χ4v) is 4.58. The van der Waals surface area contributed by atoms with Gasteiger partial charge in [0.05, 0.1) is 12.6 Å². The van der Waals surface area contributed by atoms with Crippen LogP contribution in [-0.2, 0) is 23.8 Å². The van der Waals surface area contributed by atoms with E-state index in [1.807, 2.05) is 0 Å². The maximum absolute atomic E-state index is 15.0. The van der Waals surface area contributed by atoms with Gasteiger partial charge in [0.1, 0.15) is 29.6 Å². The summed E-state index contributed by atoms with van der Waals surface area (Å²) >= 11 is 0. The topological polar surface area (TPSA) is 114 Å². The number of alkyl halides is 2. The Morgan fingerprint density at radius 1 is 1.26 bits per heavy atom. The summed E-state index contributed by atoms with van der Waals surface area (Å²) in [6.45, 7) is 1.73. The van der Waals surface area contributed by atoms with Crippen LogP contribution >= 0.6 is 0 Å². The highest BCUT2D eigenvalue weighted by Crippen LogP contribution is 2.39. The molecule has 1 saturated heterocycles. The monoisotopic (exact) mass is 495 g/mol. The van der Waals surface area contributed by atoms with E-state index in [4.69, 9.17) is 4.74 Å². The highest BCUT2D eigenvalue weighted by Gasteiger charge is 2.45. The van der Waals surface area contributed by atoms with Crippen molar-refractivity contribution in [3.05, 3.63) is 64.5 Å². The molecule has 1 amide bonds. The minimum Gasteiger partial charge on any atom is -0.493 e. The summed E-state index contributed by atoms with van der Waals surface area (Å²) in [6.07, 6.45) is -3.58. The van der Waals surface area contributed by atoms with Crippen LogP contribution in [0.5, 0.6) is 5.75 Å².